The Hall–Kier alpha value is -1.71. The van der Waals surface area contributed by atoms with Crippen LogP contribution in [0.4, 0.5) is 0 Å². The average Bonchev–Trinajstić information content (AvgIpc) is 2.51. The lowest BCUT2D eigenvalue weighted by Crippen LogP contribution is -2.23. The van der Waals surface area contributed by atoms with Crippen LogP contribution in [0.25, 0.3) is 0 Å². The van der Waals surface area contributed by atoms with Gasteiger partial charge in [0, 0.05) is 5.02 Å². The zero-order valence-electron chi connectivity index (χ0n) is 12.5. The topological polar surface area (TPSA) is 30.5 Å². The van der Waals surface area contributed by atoms with E-state index < -0.39 is 0 Å². The second-order valence-corrected chi connectivity index (χ2v) is 5.25. The molecule has 0 aromatic heterocycles. The third-order valence-electron chi connectivity index (χ3n) is 3.39. The van der Waals surface area contributed by atoms with E-state index >= 15 is 0 Å². The highest BCUT2D eigenvalue weighted by molar-refractivity contribution is 6.31. The van der Waals surface area contributed by atoms with Crippen molar-refractivity contribution in [2.75, 3.05) is 20.8 Å². The predicted octanol–water partition coefficient (Wildman–Crippen LogP) is 4.00. The standard InChI is InChI=1S/C17H20ClNO2/c1-12-9-15(7-8-16(12)18)21-11-17(19-2)13-5-4-6-14(10-13)20-3/h4-10,17,19H,11H2,1-3H3. The van der Waals surface area contributed by atoms with Crippen molar-refractivity contribution in [3.63, 3.8) is 0 Å². The largest absolute Gasteiger partial charge is 0.497 e. The van der Waals surface area contributed by atoms with Crippen LogP contribution in [0.3, 0.4) is 0 Å². The molecule has 112 valence electrons. The van der Waals surface area contributed by atoms with E-state index in [1.54, 1.807) is 7.11 Å². The van der Waals surface area contributed by atoms with Crippen LogP contribution in [-0.2, 0) is 0 Å². The molecule has 1 atom stereocenters. The molecule has 4 heteroatoms. The van der Waals surface area contributed by atoms with E-state index in [1.165, 1.54) is 0 Å². The summed E-state index contributed by atoms with van der Waals surface area (Å²) >= 11 is 6.02. The SMILES string of the molecule is CNC(COc1ccc(Cl)c(C)c1)c1cccc(OC)c1. The first kappa shape index (κ1) is 15.7. The van der Waals surface area contributed by atoms with E-state index in [9.17, 15) is 0 Å². The molecule has 0 bridgehead atoms. The van der Waals surface area contributed by atoms with Gasteiger partial charge in [-0.25, -0.2) is 0 Å². The van der Waals surface area contributed by atoms with Gasteiger partial charge in [0.25, 0.3) is 0 Å². The van der Waals surface area contributed by atoms with Crippen LogP contribution < -0.4 is 14.8 Å². The summed E-state index contributed by atoms with van der Waals surface area (Å²) in [5, 5.41) is 4.01. The van der Waals surface area contributed by atoms with Crippen molar-refractivity contribution in [3.05, 3.63) is 58.6 Å². The second kappa shape index (κ2) is 7.34. The highest BCUT2D eigenvalue weighted by Gasteiger charge is 2.11. The molecule has 0 fully saturated rings. The molecule has 1 unspecified atom stereocenters. The van der Waals surface area contributed by atoms with E-state index in [1.807, 2.05) is 50.4 Å². The molecule has 0 aliphatic rings. The van der Waals surface area contributed by atoms with Gasteiger partial charge in [-0.05, 0) is 55.4 Å². The first-order chi connectivity index (χ1) is 10.1. The minimum absolute atomic E-state index is 0.0936. The number of nitrogens with one attached hydrogen (secondary N) is 1. The van der Waals surface area contributed by atoms with Gasteiger partial charge in [-0.3, -0.25) is 0 Å². The number of halogens is 1. The highest BCUT2D eigenvalue weighted by Crippen LogP contribution is 2.23. The van der Waals surface area contributed by atoms with Crippen molar-refractivity contribution < 1.29 is 9.47 Å². The van der Waals surface area contributed by atoms with Crippen molar-refractivity contribution in [3.8, 4) is 11.5 Å². The summed E-state index contributed by atoms with van der Waals surface area (Å²) in [6.07, 6.45) is 0. The quantitative estimate of drug-likeness (QED) is 0.875. The lowest BCUT2D eigenvalue weighted by atomic mass is 10.1. The summed E-state index contributed by atoms with van der Waals surface area (Å²) in [5.41, 5.74) is 2.14. The predicted molar refractivity (Wildman–Crippen MR) is 86.5 cm³/mol. The maximum atomic E-state index is 6.02. The number of aryl methyl sites for hydroxylation is 1. The van der Waals surface area contributed by atoms with Crippen LogP contribution >= 0.6 is 11.6 Å². The zero-order chi connectivity index (χ0) is 15.2. The summed E-state index contributed by atoms with van der Waals surface area (Å²) in [7, 11) is 3.58. The average molecular weight is 306 g/mol. The molecular weight excluding hydrogens is 286 g/mol. The molecule has 2 aromatic carbocycles. The third kappa shape index (κ3) is 4.13. The minimum Gasteiger partial charge on any atom is -0.497 e. The maximum Gasteiger partial charge on any atom is 0.119 e. The number of rotatable bonds is 6. The number of hydrogen-bond donors (Lipinski definition) is 1. The Labute approximate surface area is 130 Å². The van der Waals surface area contributed by atoms with E-state index in [0.29, 0.717) is 6.61 Å². The monoisotopic (exact) mass is 305 g/mol. The van der Waals surface area contributed by atoms with Crippen molar-refractivity contribution >= 4 is 11.6 Å². The van der Waals surface area contributed by atoms with Crippen molar-refractivity contribution in [1.29, 1.82) is 0 Å². The molecule has 0 amide bonds. The Balaban J connectivity index is 2.06. The Morgan fingerprint density at radius 2 is 1.95 bits per heavy atom. The van der Waals surface area contributed by atoms with Gasteiger partial charge in [-0.1, -0.05) is 23.7 Å². The van der Waals surface area contributed by atoms with E-state index in [0.717, 1.165) is 27.6 Å². The van der Waals surface area contributed by atoms with Crippen LogP contribution in [0.5, 0.6) is 11.5 Å². The fraction of sp³-hybridized carbons (Fsp3) is 0.294. The fourth-order valence-electron chi connectivity index (χ4n) is 2.09. The van der Waals surface area contributed by atoms with Crippen molar-refractivity contribution in [1.82, 2.24) is 5.32 Å². The van der Waals surface area contributed by atoms with E-state index in [2.05, 4.69) is 11.4 Å². The second-order valence-electron chi connectivity index (χ2n) is 4.84. The van der Waals surface area contributed by atoms with Crippen LogP contribution in [0, 0.1) is 6.92 Å². The Morgan fingerprint density at radius 1 is 1.14 bits per heavy atom. The lowest BCUT2D eigenvalue weighted by molar-refractivity contribution is 0.272. The molecule has 3 nitrogen and oxygen atoms in total. The van der Waals surface area contributed by atoms with Crippen LogP contribution in [0.1, 0.15) is 17.2 Å². The Bertz CT molecular complexity index is 601. The van der Waals surface area contributed by atoms with Crippen LogP contribution in [0.15, 0.2) is 42.5 Å². The summed E-state index contributed by atoms with van der Waals surface area (Å²) in [4.78, 5) is 0. The van der Waals surface area contributed by atoms with Gasteiger partial charge in [0.15, 0.2) is 0 Å². The number of likely N-dealkylation sites (N-methyl/N-ethyl adjacent to an activating group) is 1. The molecule has 0 saturated heterocycles. The first-order valence-electron chi connectivity index (χ1n) is 6.84. The summed E-state index contributed by atoms with van der Waals surface area (Å²) < 4.78 is 11.1. The van der Waals surface area contributed by atoms with Crippen molar-refractivity contribution in [2.24, 2.45) is 0 Å². The molecule has 1 N–H and O–H groups in total. The molecule has 0 radical (unpaired) electrons. The molecule has 0 aliphatic carbocycles. The summed E-state index contributed by atoms with van der Waals surface area (Å²) in [6, 6.07) is 13.7. The molecule has 0 heterocycles. The van der Waals surface area contributed by atoms with Crippen molar-refractivity contribution in [2.45, 2.75) is 13.0 Å². The molecule has 2 rings (SSSR count). The first-order valence-corrected chi connectivity index (χ1v) is 7.22. The number of hydrogen-bond acceptors (Lipinski definition) is 3. The number of methoxy groups -OCH3 is 1. The van der Waals surface area contributed by atoms with Gasteiger partial charge < -0.3 is 14.8 Å². The van der Waals surface area contributed by atoms with E-state index in [4.69, 9.17) is 21.1 Å². The number of benzene rings is 2. The minimum atomic E-state index is 0.0936. The Morgan fingerprint density at radius 3 is 2.62 bits per heavy atom. The highest BCUT2D eigenvalue weighted by atomic mass is 35.5. The van der Waals surface area contributed by atoms with Crippen LogP contribution in [0.2, 0.25) is 5.02 Å². The molecule has 21 heavy (non-hydrogen) atoms. The van der Waals surface area contributed by atoms with Gasteiger partial charge in [0.2, 0.25) is 0 Å². The summed E-state index contributed by atoms with van der Waals surface area (Å²) in [6.45, 7) is 2.50. The Kier molecular flexibility index (Phi) is 5.48. The van der Waals surface area contributed by atoms with E-state index in [-0.39, 0.29) is 6.04 Å². The van der Waals surface area contributed by atoms with Gasteiger partial charge in [0.1, 0.15) is 18.1 Å². The van der Waals surface area contributed by atoms with Gasteiger partial charge in [-0.15, -0.1) is 0 Å². The number of ether oxygens (including phenoxy) is 2. The molecule has 0 saturated carbocycles. The van der Waals surface area contributed by atoms with Crippen LogP contribution in [-0.4, -0.2) is 20.8 Å². The van der Waals surface area contributed by atoms with Gasteiger partial charge in [0.05, 0.1) is 13.2 Å². The summed E-state index contributed by atoms with van der Waals surface area (Å²) in [5.74, 6) is 1.66. The lowest BCUT2D eigenvalue weighted by Gasteiger charge is -2.18. The van der Waals surface area contributed by atoms with Gasteiger partial charge >= 0.3 is 0 Å². The normalized spacial score (nSPS) is 12.0. The third-order valence-corrected chi connectivity index (χ3v) is 3.81. The smallest absolute Gasteiger partial charge is 0.119 e. The molecular formula is C17H20ClNO2. The molecule has 0 aliphatic heterocycles. The van der Waals surface area contributed by atoms with Gasteiger partial charge in [-0.2, -0.15) is 0 Å². The zero-order valence-corrected chi connectivity index (χ0v) is 13.3. The maximum absolute atomic E-state index is 6.02. The fourth-order valence-corrected chi connectivity index (χ4v) is 2.21. The molecule has 0 spiro atoms. The molecule has 2 aromatic rings.